The van der Waals surface area contributed by atoms with Gasteiger partial charge in [0, 0.05) is 11.2 Å². The minimum atomic E-state index is -0.169. The Morgan fingerprint density at radius 3 is 2.86 bits per heavy atom. The van der Waals surface area contributed by atoms with Crippen molar-refractivity contribution in [2.45, 2.75) is 0 Å². The summed E-state index contributed by atoms with van der Waals surface area (Å²) in [6.07, 6.45) is 1.85. The molecule has 0 radical (unpaired) electrons. The molecule has 1 aliphatic heterocycles. The molecule has 1 aromatic carbocycles. The lowest BCUT2D eigenvalue weighted by Crippen LogP contribution is -2.13. The summed E-state index contributed by atoms with van der Waals surface area (Å²) < 4.78 is 0. The van der Waals surface area contributed by atoms with E-state index in [9.17, 15) is 4.79 Å². The second-order valence-electron chi connectivity index (χ2n) is 4.75. The highest BCUT2D eigenvalue weighted by molar-refractivity contribution is 7.12. The lowest BCUT2D eigenvalue weighted by molar-refractivity contribution is -0.116. The molecule has 0 spiro atoms. The van der Waals surface area contributed by atoms with Crippen molar-refractivity contribution in [1.82, 2.24) is 10.4 Å². The third kappa shape index (κ3) is 2.08. The molecule has 1 aliphatic rings. The fourth-order valence-electron chi connectivity index (χ4n) is 2.40. The molecule has 21 heavy (non-hydrogen) atoms. The summed E-state index contributed by atoms with van der Waals surface area (Å²) in [5.41, 5.74) is 5.77. The molecule has 0 atom stereocenters. The zero-order valence-corrected chi connectivity index (χ0v) is 11.8. The van der Waals surface area contributed by atoms with Gasteiger partial charge in [0.1, 0.15) is 5.71 Å². The van der Waals surface area contributed by atoms with Gasteiger partial charge in [0.05, 0.1) is 10.5 Å². The Hall–Kier alpha value is -2.66. The Morgan fingerprint density at radius 1 is 1.14 bits per heavy atom. The Balaban J connectivity index is 1.79. The molecule has 4 rings (SSSR count). The van der Waals surface area contributed by atoms with E-state index in [0.717, 1.165) is 21.5 Å². The quantitative estimate of drug-likeness (QED) is 0.701. The van der Waals surface area contributed by atoms with Gasteiger partial charge in [-0.1, -0.05) is 24.3 Å². The third-order valence-corrected chi connectivity index (χ3v) is 4.25. The number of aromatic amines is 1. The first-order valence-corrected chi connectivity index (χ1v) is 7.41. The second-order valence-corrected chi connectivity index (χ2v) is 5.70. The van der Waals surface area contributed by atoms with Crippen molar-refractivity contribution >= 4 is 39.9 Å². The molecule has 0 unspecified atom stereocenters. The number of carbonyl (C=O) groups is 1. The first-order chi connectivity index (χ1) is 10.3. The van der Waals surface area contributed by atoms with Crippen LogP contribution in [-0.2, 0) is 4.79 Å². The van der Waals surface area contributed by atoms with Crippen LogP contribution in [-0.4, -0.2) is 16.6 Å². The van der Waals surface area contributed by atoms with Crippen LogP contribution in [0.3, 0.4) is 0 Å². The Bertz CT molecular complexity index is 854. The van der Waals surface area contributed by atoms with Gasteiger partial charge in [-0.25, -0.2) is 5.43 Å². The number of nitrogens with zero attached hydrogens (tertiary/aromatic N) is 1. The van der Waals surface area contributed by atoms with Gasteiger partial charge in [-0.2, -0.15) is 5.10 Å². The predicted octanol–water partition coefficient (Wildman–Crippen LogP) is 3.15. The number of amides is 1. The van der Waals surface area contributed by atoms with E-state index in [1.54, 1.807) is 11.3 Å². The van der Waals surface area contributed by atoms with E-state index in [2.05, 4.69) is 15.5 Å². The number of carbonyl (C=O) groups excluding carboxylic acids is 1. The molecule has 0 bridgehead atoms. The highest BCUT2D eigenvalue weighted by atomic mass is 32.1. The summed E-state index contributed by atoms with van der Waals surface area (Å²) in [5.74, 6) is -0.169. The Labute approximate surface area is 124 Å². The van der Waals surface area contributed by atoms with Crippen molar-refractivity contribution in [2.75, 3.05) is 0 Å². The number of hydrogen-bond donors (Lipinski definition) is 2. The number of para-hydroxylation sites is 1. The molecule has 4 nitrogen and oxygen atoms in total. The van der Waals surface area contributed by atoms with E-state index in [1.165, 1.54) is 0 Å². The Kier molecular flexibility index (Phi) is 2.72. The van der Waals surface area contributed by atoms with Crippen molar-refractivity contribution in [2.24, 2.45) is 5.10 Å². The molecular formula is C16H11N3OS. The van der Waals surface area contributed by atoms with E-state index in [1.807, 2.05) is 53.9 Å². The lowest BCUT2D eigenvalue weighted by Gasteiger charge is -1.97. The molecule has 0 aliphatic carbocycles. The van der Waals surface area contributed by atoms with Crippen LogP contribution in [0.2, 0.25) is 0 Å². The number of hydrazone groups is 1. The molecule has 5 heteroatoms. The first kappa shape index (κ1) is 12.1. The summed E-state index contributed by atoms with van der Waals surface area (Å²) in [4.78, 5) is 16.3. The summed E-state index contributed by atoms with van der Waals surface area (Å²) in [7, 11) is 0. The predicted molar refractivity (Wildman–Crippen MR) is 85.3 cm³/mol. The summed E-state index contributed by atoms with van der Waals surface area (Å²) in [5, 5.41) is 7.23. The number of benzene rings is 1. The van der Waals surface area contributed by atoms with Crippen LogP contribution in [0.1, 0.15) is 10.6 Å². The van der Waals surface area contributed by atoms with Crippen LogP contribution in [0.15, 0.2) is 58.5 Å². The molecule has 1 amide bonds. The van der Waals surface area contributed by atoms with Gasteiger partial charge in [0.2, 0.25) is 0 Å². The van der Waals surface area contributed by atoms with Gasteiger partial charge in [-0.05, 0) is 35.0 Å². The van der Waals surface area contributed by atoms with Crippen LogP contribution in [0.5, 0.6) is 0 Å². The molecular weight excluding hydrogens is 282 g/mol. The smallest absolute Gasteiger partial charge is 0.273 e. The average Bonchev–Trinajstić information content (AvgIpc) is 3.19. The topological polar surface area (TPSA) is 57.2 Å². The molecule has 3 heterocycles. The highest BCUT2D eigenvalue weighted by Crippen LogP contribution is 2.22. The summed E-state index contributed by atoms with van der Waals surface area (Å²) in [6.45, 7) is 0. The van der Waals surface area contributed by atoms with Crippen LogP contribution >= 0.6 is 11.3 Å². The number of rotatable bonds is 2. The molecule has 0 saturated heterocycles. The van der Waals surface area contributed by atoms with Gasteiger partial charge < -0.3 is 4.98 Å². The van der Waals surface area contributed by atoms with Crippen LogP contribution in [0, 0.1) is 0 Å². The minimum Gasteiger partial charge on any atom is -0.355 e. The van der Waals surface area contributed by atoms with E-state index < -0.39 is 0 Å². The molecule has 2 N–H and O–H groups in total. The molecule has 3 aromatic rings. The molecule has 0 saturated carbocycles. The number of fused-ring (bicyclic) bond motifs is 1. The minimum absolute atomic E-state index is 0.169. The van der Waals surface area contributed by atoms with Crippen molar-refractivity contribution in [3.8, 4) is 0 Å². The number of H-pyrrole nitrogens is 1. The van der Waals surface area contributed by atoms with E-state index in [4.69, 9.17) is 0 Å². The maximum absolute atomic E-state index is 12.0. The van der Waals surface area contributed by atoms with Gasteiger partial charge in [-0.3, -0.25) is 4.79 Å². The van der Waals surface area contributed by atoms with Crippen LogP contribution < -0.4 is 5.43 Å². The van der Waals surface area contributed by atoms with Gasteiger partial charge in [0.15, 0.2) is 0 Å². The normalized spacial score (nSPS) is 16.5. The van der Waals surface area contributed by atoms with Gasteiger partial charge >= 0.3 is 0 Å². The highest BCUT2D eigenvalue weighted by Gasteiger charge is 2.24. The van der Waals surface area contributed by atoms with Crippen molar-refractivity contribution < 1.29 is 4.79 Å². The van der Waals surface area contributed by atoms with Crippen LogP contribution in [0.25, 0.3) is 17.0 Å². The van der Waals surface area contributed by atoms with Crippen molar-refractivity contribution in [3.63, 3.8) is 0 Å². The van der Waals surface area contributed by atoms with Crippen molar-refractivity contribution in [3.05, 3.63) is 64.0 Å². The maximum Gasteiger partial charge on any atom is 0.273 e. The summed E-state index contributed by atoms with van der Waals surface area (Å²) >= 11 is 1.57. The first-order valence-electron chi connectivity index (χ1n) is 6.53. The average molecular weight is 293 g/mol. The van der Waals surface area contributed by atoms with Gasteiger partial charge in [0.25, 0.3) is 5.91 Å². The molecule has 102 valence electrons. The van der Waals surface area contributed by atoms with E-state index in [-0.39, 0.29) is 5.91 Å². The maximum atomic E-state index is 12.0. The number of hydrogen-bond acceptors (Lipinski definition) is 3. The molecule has 2 aromatic heterocycles. The zero-order chi connectivity index (χ0) is 14.2. The second kappa shape index (κ2) is 4.71. The van der Waals surface area contributed by atoms with Crippen LogP contribution in [0.4, 0.5) is 0 Å². The number of aromatic nitrogens is 1. The standard InChI is InChI=1S/C16H11N3OS/c20-16-12(15(18-19-16)14-6-3-7-21-14)9-11-8-10-4-1-2-5-13(10)17-11/h1-9,17H,(H,19,20). The SMILES string of the molecule is O=C1NN=C(c2cccs2)C1=Cc1cc2ccccc2[nH]1. The Morgan fingerprint density at radius 2 is 2.05 bits per heavy atom. The monoisotopic (exact) mass is 293 g/mol. The summed E-state index contributed by atoms with van der Waals surface area (Å²) in [6, 6.07) is 14.0. The fraction of sp³-hybridized carbons (Fsp3) is 0. The van der Waals surface area contributed by atoms with Gasteiger partial charge in [-0.15, -0.1) is 11.3 Å². The largest absolute Gasteiger partial charge is 0.355 e. The number of nitrogens with one attached hydrogen (secondary N) is 2. The van der Waals surface area contributed by atoms with E-state index >= 15 is 0 Å². The molecule has 0 fully saturated rings. The fourth-order valence-corrected chi connectivity index (χ4v) is 3.13. The van der Waals surface area contributed by atoms with E-state index in [0.29, 0.717) is 11.3 Å². The third-order valence-electron chi connectivity index (χ3n) is 3.37. The zero-order valence-electron chi connectivity index (χ0n) is 11.0. The lowest BCUT2D eigenvalue weighted by atomic mass is 10.1. The number of thiophene rings is 1. The van der Waals surface area contributed by atoms with Crippen molar-refractivity contribution in [1.29, 1.82) is 0 Å².